The van der Waals surface area contributed by atoms with Gasteiger partial charge in [0, 0.05) is 23.6 Å². The second kappa shape index (κ2) is 7.24. The zero-order valence-electron chi connectivity index (χ0n) is 15.9. The predicted octanol–water partition coefficient (Wildman–Crippen LogP) is 3.59. The summed E-state index contributed by atoms with van der Waals surface area (Å²) in [5.41, 5.74) is 2.65. The summed E-state index contributed by atoms with van der Waals surface area (Å²) >= 11 is 1.42. The number of hydrogen-bond acceptors (Lipinski definition) is 5. The fraction of sp³-hybridized carbons (Fsp3) is 0.238. The van der Waals surface area contributed by atoms with Gasteiger partial charge in [-0.3, -0.25) is 18.6 Å². The van der Waals surface area contributed by atoms with Crippen LogP contribution >= 0.6 is 11.8 Å². The third-order valence-corrected chi connectivity index (χ3v) is 5.56. The quantitative estimate of drug-likeness (QED) is 0.392. The number of aromatic nitrogens is 4. The first-order chi connectivity index (χ1) is 13.5. The normalized spacial score (nSPS) is 11.6. The highest BCUT2D eigenvalue weighted by Crippen LogP contribution is 2.23. The molecule has 0 radical (unpaired) electrons. The summed E-state index contributed by atoms with van der Waals surface area (Å²) in [6.07, 6.45) is 0. The molecule has 7 heteroatoms. The highest BCUT2D eigenvalue weighted by molar-refractivity contribution is 7.98. The lowest BCUT2D eigenvalue weighted by molar-refractivity contribution is 0.519. The maximum Gasteiger partial charge on any atom is 0.262 e. The largest absolute Gasteiger partial charge is 0.285 e. The highest BCUT2D eigenvalue weighted by atomic mass is 32.2. The fourth-order valence-corrected chi connectivity index (χ4v) is 4.28. The van der Waals surface area contributed by atoms with Gasteiger partial charge in [-0.2, -0.15) is 0 Å². The van der Waals surface area contributed by atoms with Gasteiger partial charge in [0.05, 0.1) is 16.6 Å². The number of hydrogen-bond donors (Lipinski definition) is 0. The van der Waals surface area contributed by atoms with E-state index in [0.717, 1.165) is 5.69 Å². The number of thioether (sulfide) groups is 1. The smallest absolute Gasteiger partial charge is 0.262 e. The Hall–Kier alpha value is -2.93. The summed E-state index contributed by atoms with van der Waals surface area (Å²) in [7, 11) is 0. The molecule has 3 heterocycles. The van der Waals surface area contributed by atoms with Gasteiger partial charge in [0.15, 0.2) is 5.16 Å². The van der Waals surface area contributed by atoms with Gasteiger partial charge in [-0.05, 0) is 45.0 Å². The van der Waals surface area contributed by atoms with Crippen LogP contribution in [0.15, 0.2) is 63.3 Å². The van der Waals surface area contributed by atoms with E-state index in [1.165, 1.54) is 11.8 Å². The molecule has 0 spiro atoms. The van der Waals surface area contributed by atoms with Crippen LogP contribution in [-0.2, 0) is 5.75 Å². The summed E-state index contributed by atoms with van der Waals surface area (Å²) in [5, 5.41) is 1.24. The second-order valence-electron chi connectivity index (χ2n) is 6.92. The van der Waals surface area contributed by atoms with Crippen LogP contribution in [0.5, 0.6) is 0 Å². The molecular weight excluding hydrogens is 372 g/mol. The molecule has 0 bridgehead atoms. The maximum absolute atomic E-state index is 12.9. The van der Waals surface area contributed by atoms with E-state index in [1.54, 1.807) is 21.1 Å². The lowest BCUT2D eigenvalue weighted by atomic mass is 10.2. The monoisotopic (exact) mass is 392 g/mol. The molecule has 6 nitrogen and oxygen atoms in total. The maximum atomic E-state index is 12.9. The van der Waals surface area contributed by atoms with Gasteiger partial charge in [0.1, 0.15) is 5.65 Å². The van der Waals surface area contributed by atoms with Crippen LogP contribution in [0.3, 0.4) is 0 Å². The van der Waals surface area contributed by atoms with Crippen LogP contribution in [0.2, 0.25) is 0 Å². The van der Waals surface area contributed by atoms with Crippen molar-refractivity contribution in [1.82, 2.24) is 18.9 Å². The summed E-state index contributed by atoms with van der Waals surface area (Å²) < 4.78 is 3.29. The Morgan fingerprint density at radius 2 is 1.82 bits per heavy atom. The number of para-hydroxylation sites is 1. The van der Waals surface area contributed by atoms with E-state index in [0.29, 0.717) is 33.2 Å². The SMILES string of the molecule is Cc1cccc2nc(CSc3nc4ccccc4c(=O)n3C(C)C)cc(=O)n12. The Kier molecular flexibility index (Phi) is 4.77. The molecule has 0 N–H and O–H groups in total. The van der Waals surface area contributed by atoms with E-state index in [2.05, 4.69) is 9.97 Å². The van der Waals surface area contributed by atoms with Gasteiger partial charge in [-0.25, -0.2) is 9.97 Å². The van der Waals surface area contributed by atoms with Crippen LogP contribution in [0.4, 0.5) is 0 Å². The fourth-order valence-electron chi connectivity index (χ4n) is 3.26. The molecule has 0 saturated carbocycles. The van der Waals surface area contributed by atoms with Gasteiger partial charge < -0.3 is 0 Å². The predicted molar refractivity (Wildman–Crippen MR) is 112 cm³/mol. The van der Waals surface area contributed by atoms with Crippen LogP contribution in [0.25, 0.3) is 16.6 Å². The van der Waals surface area contributed by atoms with Crippen LogP contribution < -0.4 is 11.1 Å². The minimum atomic E-state index is -0.105. The van der Waals surface area contributed by atoms with Gasteiger partial charge >= 0.3 is 0 Å². The number of pyridine rings is 1. The number of fused-ring (bicyclic) bond motifs is 2. The number of aryl methyl sites for hydroxylation is 1. The van der Waals surface area contributed by atoms with Crippen molar-refractivity contribution in [2.75, 3.05) is 0 Å². The summed E-state index contributed by atoms with van der Waals surface area (Å²) in [4.78, 5) is 34.7. The molecular formula is C21H20N4O2S. The van der Waals surface area contributed by atoms with Crippen molar-refractivity contribution < 1.29 is 0 Å². The molecule has 1 aromatic carbocycles. The number of rotatable bonds is 4. The zero-order chi connectivity index (χ0) is 19.8. The van der Waals surface area contributed by atoms with Gasteiger partial charge in [-0.1, -0.05) is 30.0 Å². The van der Waals surface area contributed by atoms with Crippen molar-refractivity contribution in [2.45, 2.75) is 37.7 Å². The van der Waals surface area contributed by atoms with Crippen molar-refractivity contribution in [3.05, 3.63) is 80.6 Å². The zero-order valence-corrected chi connectivity index (χ0v) is 16.7. The van der Waals surface area contributed by atoms with Gasteiger partial charge in [0.2, 0.25) is 0 Å². The van der Waals surface area contributed by atoms with Gasteiger partial charge in [0.25, 0.3) is 11.1 Å². The third kappa shape index (κ3) is 3.22. The average molecular weight is 392 g/mol. The topological polar surface area (TPSA) is 69.3 Å². The lowest BCUT2D eigenvalue weighted by Gasteiger charge is -2.16. The third-order valence-electron chi connectivity index (χ3n) is 4.57. The Morgan fingerprint density at radius 1 is 1.04 bits per heavy atom. The van der Waals surface area contributed by atoms with E-state index >= 15 is 0 Å². The second-order valence-corrected chi connectivity index (χ2v) is 7.86. The minimum absolute atomic E-state index is 0.0232. The van der Waals surface area contributed by atoms with Crippen molar-refractivity contribution in [3.8, 4) is 0 Å². The Balaban J connectivity index is 1.75. The molecule has 142 valence electrons. The molecule has 0 saturated heterocycles. The van der Waals surface area contributed by atoms with Crippen LogP contribution in [0, 0.1) is 6.92 Å². The first-order valence-electron chi connectivity index (χ1n) is 9.08. The van der Waals surface area contributed by atoms with E-state index < -0.39 is 0 Å². The molecule has 0 aliphatic rings. The van der Waals surface area contributed by atoms with E-state index in [4.69, 9.17) is 0 Å². The molecule has 0 unspecified atom stereocenters. The molecule has 3 aromatic heterocycles. The first kappa shape index (κ1) is 18.4. The number of nitrogens with zero attached hydrogens (tertiary/aromatic N) is 4. The molecule has 0 amide bonds. The molecule has 4 aromatic rings. The van der Waals surface area contributed by atoms with E-state index in [9.17, 15) is 9.59 Å². The molecule has 0 fully saturated rings. The minimum Gasteiger partial charge on any atom is -0.285 e. The van der Waals surface area contributed by atoms with Crippen LogP contribution in [0.1, 0.15) is 31.3 Å². The summed E-state index contributed by atoms with van der Waals surface area (Å²) in [6, 6.07) is 14.5. The molecule has 28 heavy (non-hydrogen) atoms. The van der Waals surface area contributed by atoms with Gasteiger partial charge in [-0.15, -0.1) is 0 Å². The van der Waals surface area contributed by atoms with Crippen LogP contribution in [-0.4, -0.2) is 18.9 Å². The Bertz CT molecular complexity index is 1310. The number of benzene rings is 1. The molecule has 0 atom stereocenters. The summed E-state index contributed by atoms with van der Waals surface area (Å²) in [5.74, 6) is 0.456. The molecule has 4 rings (SSSR count). The molecule has 0 aliphatic carbocycles. The van der Waals surface area contributed by atoms with Crippen molar-refractivity contribution >= 4 is 28.3 Å². The van der Waals surface area contributed by atoms with Crippen molar-refractivity contribution in [2.24, 2.45) is 0 Å². The molecule has 0 aliphatic heterocycles. The first-order valence-corrected chi connectivity index (χ1v) is 10.1. The highest BCUT2D eigenvalue weighted by Gasteiger charge is 2.14. The van der Waals surface area contributed by atoms with E-state index in [1.807, 2.05) is 57.2 Å². The van der Waals surface area contributed by atoms with E-state index in [-0.39, 0.29) is 17.2 Å². The standard InChI is InChI=1S/C21H20N4O2S/c1-13(2)24-20(27)16-8-4-5-9-17(16)23-21(24)28-12-15-11-19(26)25-14(3)7-6-10-18(25)22-15/h4-11,13H,12H2,1-3H3. The summed E-state index contributed by atoms with van der Waals surface area (Å²) in [6.45, 7) is 5.81. The average Bonchev–Trinajstić information content (AvgIpc) is 2.66. The van der Waals surface area contributed by atoms with Crippen molar-refractivity contribution in [3.63, 3.8) is 0 Å². The Morgan fingerprint density at radius 3 is 2.61 bits per heavy atom. The Labute approximate surface area is 165 Å². The van der Waals surface area contributed by atoms with Crippen molar-refractivity contribution in [1.29, 1.82) is 0 Å². The lowest BCUT2D eigenvalue weighted by Crippen LogP contribution is -2.25.